The summed E-state index contributed by atoms with van der Waals surface area (Å²) in [5, 5.41) is 2.96. The van der Waals surface area contributed by atoms with Gasteiger partial charge in [0.25, 0.3) is 5.91 Å². The van der Waals surface area contributed by atoms with Crippen LogP contribution in [0.1, 0.15) is 28.4 Å². The third kappa shape index (κ3) is 3.77. The quantitative estimate of drug-likeness (QED) is 0.934. The molecule has 126 valence electrons. The van der Waals surface area contributed by atoms with Gasteiger partial charge in [0.1, 0.15) is 0 Å². The Bertz CT molecular complexity index is 725. The maximum absolute atomic E-state index is 12.4. The van der Waals surface area contributed by atoms with Crippen LogP contribution < -0.4 is 10.2 Å². The summed E-state index contributed by atoms with van der Waals surface area (Å²) in [5.41, 5.74) is 4.97. The molecule has 0 spiro atoms. The molecule has 2 aromatic rings. The Balaban J connectivity index is 1.67. The number of amides is 1. The van der Waals surface area contributed by atoms with Gasteiger partial charge in [-0.3, -0.25) is 4.79 Å². The van der Waals surface area contributed by atoms with Crippen LogP contribution in [0.3, 0.4) is 0 Å². The summed E-state index contributed by atoms with van der Waals surface area (Å²) in [7, 11) is 0. The van der Waals surface area contributed by atoms with Gasteiger partial charge in [0.2, 0.25) is 0 Å². The molecule has 0 aliphatic carbocycles. The molecule has 2 aromatic carbocycles. The van der Waals surface area contributed by atoms with Crippen molar-refractivity contribution in [1.29, 1.82) is 0 Å². The molecule has 1 unspecified atom stereocenters. The van der Waals surface area contributed by atoms with E-state index in [4.69, 9.17) is 4.74 Å². The molecule has 0 bridgehead atoms. The zero-order valence-corrected chi connectivity index (χ0v) is 14.5. The average molecular weight is 324 g/mol. The molecule has 0 aromatic heterocycles. The third-order valence-corrected chi connectivity index (χ3v) is 4.50. The summed E-state index contributed by atoms with van der Waals surface area (Å²) in [4.78, 5) is 14.7. The van der Waals surface area contributed by atoms with Gasteiger partial charge in [-0.25, -0.2) is 0 Å². The van der Waals surface area contributed by atoms with E-state index in [1.165, 1.54) is 5.56 Å². The Morgan fingerprint density at radius 2 is 1.88 bits per heavy atom. The Morgan fingerprint density at radius 3 is 2.54 bits per heavy atom. The van der Waals surface area contributed by atoms with E-state index in [-0.39, 0.29) is 12.0 Å². The molecule has 1 saturated heterocycles. The number of nitrogens with zero attached hydrogens (tertiary/aromatic N) is 1. The summed E-state index contributed by atoms with van der Waals surface area (Å²) < 4.78 is 5.57. The minimum absolute atomic E-state index is 0.0779. The third-order valence-electron chi connectivity index (χ3n) is 4.50. The molecule has 4 nitrogen and oxygen atoms in total. The van der Waals surface area contributed by atoms with Gasteiger partial charge in [-0.1, -0.05) is 6.07 Å². The van der Waals surface area contributed by atoms with Crippen molar-refractivity contribution >= 4 is 17.3 Å². The van der Waals surface area contributed by atoms with Gasteiger partial charge in [-0.2, -0.15) is 0 Å². The predicted molar refractivity (Wildman–Crippen MR) is 97.9 cm³/mol. The molecule has 1 aliphatic heterocycles. The second kappa shape index (κ2) is 7.05. The van der Waals surface area contributed by atoms with Crippen LogP contribution in [0.2, 0.25) is 0 Å². The fraction of sp³-hybridized carbons (Fsp3) is 0.350. The van der Waals surface area contributed by atoms with Crippen LogP contribution in [0.4, 0.5) is 11.4 Å². The number of nitrogens with one attached hydrogen (secondary N) is 1. The van der Waals surface area contributed by atoms with E-state index < -0.39 is 0 Å². The molecular weight excluding hydrogens is 300 g/mol. The van der Waals surface area contributed by atoms with Gasteiger partial charge >= 0.3 is 0 Å². The number of hydrogen-bond donors (Lipinski definition) is 1. The summed E-state index contributed by atoms with van der Waals surface area (Å²) in [6.07, 6.45) is 0.253. The zero-order valence-electron chi connectivity index (χ0n) is 14.5. The number of aryl methyl sites for hydroxylation is 2. The van der Waals surface area contributed by atoms with Gasteiger partial charge in [-0.15, -0.1) is 0 Å². The van der Waals surface area contributed by atoms with Crippen LogP contribution in [-0.2, 0) is 4.74 Å². The molecule has 0 radical (unpaired) electrons. The maximum atomic E-state index is 12.4. The first-order valence-corrected chi connectivity index (χ1v) is 8.38. The van der Waals surface area contributed by atoms with Crippen molar-refractivity contribution in [1.82, 2.24) is 0 Å². The largest absolute Gasteiger partial charge is 0.375 e. The smallest absolute Gasteiger partial charge is 0.255 e. The molecule has 1 amide bonds. The summed E-state index contributed by atoms with van der Waals surface area (Å²) >= 11 is 0. The topological polar surface area (TPSA) is 41.6 Å². The van der Waals surface area contributed by atoms with Crippen molar-refractivity contribution < 1.29 is 9.53 Å². The second-order valence-corrected chi connectivity index (χ2v) is 6.43. The van der Waals surface area contributed by atoms with Crippen LogP contribution in [0, 0.1) is 13.8 Å². The minimum atomic E-state index is -0.0779. The Morgan fingerprint density at radius 1 is 1.12 bits per heavy atom. The molecule has 1 aliphatic rings. The van der Waals surface area contributed by atoms with E-state index in [1.54, 1.807) is 0 Å². The number of carbonyl (C=O) groups is 1. The summed E-state index contributed by atoms with van der Waals surface area (Å²) in [5.74, 6) is -0.0779. The van der Waals surface area contributed by atoms with Gasteiger partial charge in [0.05, 0.1) is 12.7 Å². The molecule has 1 fully saturated rings. The van der Waals surface area contributed by atoms with Crippen LogP contribution in [0.25, 0.3) is 0 Å². The predicted octanol–water partition coefficient (Wildman–Crippen LogP) is 3.78. The molecule has 0 saturated carbocycles. The molecule has 24 heavy (non-hydrogen) atoms. The lowest BCUT2D eigenvalue weighted by Crippen LogP contribution is -2.41. The van der Waals surface area contributed by atoms with E-state index in [9.17, 15) is 4.79 Å². The monoisotopic (exact) mass is 324 g/mol. The molecule has 4 heteroatoms. The maximum Gasteiger partial charge on any atom is 0.255 e. The van der Waals surface area contributed by atoms with Crippen LogP contribution in [0.5, 0.6) is 0 Å². The van der Waals surface area contributed by atoms with Crippen LogP contribution >= 0.6 is 0 Å². The van der Waals surface area contributed by atoms with E-state index in [1.807, 2.05) is 56.3 Å². The minimum Gasteiger partial charge on any atom is -0.375 e. The normalized spacial score (nSPS) is 17.6. The first kappa shape index (κ1) is 16.5. The Kier molecular flexibility index (Phi) is 4.86. The lowest BCUT2D eigenvalue weighted by atomic mass is 10.1. The number of ether oxygens (including phenoxy) is 1. The van der Waals surface area contributed by atoms with Crippen molar-refractivity contribution in [2.75, 3.05) is 29.9 Å². The molecule has 1 atom stereocenters. The van der Waals surface area contributed by atoms with Crippen LogP contribution in [0.15, 0.2) is 42.5 Å². The fourth-order valence-corrected chi connectivity index (χ4v) is 2.89. The summed E-state index contributed by atoms with van der Waals surface area (Å²) in [6, 6.07) is 13.8. The molecule has 1 heterocycles. The van der Waals surface area contributed by atoms with E-state index in [2.05, 4.69) is 17.1 Å². The number of hydrogen-bond acceptors (Lipinski definition) is 3. The number of carbonyl (C=O) groups excluding carboxylic acids is 1. The molecular formula is C20H24N2O2. The first-order valence-electron chi connectivity index (χ1n) is 8.38. The highest BCUT2D eigenvalue weighted by atomic mass is 16.5. The van der Waals surface area contributed by atoms with Crippen molar-refractivity contribution in [3.05, 3.63) is 59.2 Å². The molecule has 3 rings (SSSR count). The Hall–Kier alpha value is -2.33. The van der Waals surface area contributed by atoms with E-state index >= 15 is 0 Å². The summed E-state index contributed by atoms with van der Waals surface area (Å²) in [6.45, 7) is 8.70. The van der Waals surface area contributed by atoms with E-state index in [0.29, 0.717) is 5.56 Å². The fourth-order valence-electron chi connectivity index (χ4n) is 2.89. The SMILES string of the molecule is Cc1ccc(C(=O)Nc2ccc(N3CCOC(C)C3)cc2)cc1C. The lowest BCUT2D eigenvalue weighted by Gasteiger charge is -2.33. The van der Waals surface area contributed by atoms with Gasteiger partial charge < -0.3 is 15.0 Å². The second-order valence-electron chi connectivity index (χ2n) is 6.43. The van der Waals surface area contributed by atoms with Gasteiger partial charge in [0, 0.05) is 30.0 Å². The average Bonchev–Trinajstić information content (AvgIpc) is 2.58. The molecule has 1 N–H and O–H groups in total. The highest BCUT2D eigenvalue weighted by molar-refractivity contribution is 6.04. The lowest BCUT2D eigenvalue weighted by molar-refractivity contribution is 0.0532. The van der Waals surface area contributed by atoms with Crippen LogP contribution in [-0.4, -0.2) is 31.7 Å². The van der Waals surface area contributed by atoms with Crippen molar-refractivity contribution in [3.63, 3.8) is 0 Å². The number of rotatable bonds is 3. The van der Waals surface area contributed by atoms with Gasteiger partial charge in [0.15, 0.2) is 0 Å². The number of anilines is 2. The Labute approximate surface area is 143 Å². The number of benzene rings is 2. The number of morpholine rings is 1. The van der Waals surface area contributed by atoms with Crippen molar-refractivity contribution in [2.45, 2.75) is 26.9 Å². The standard InChI is InChI=1S/C20H24N2O2/c1-14-4-5-17(12-15(14)2)20(23)21-18-6-8-19(9-7-18)22-10-11-24-16(3)13-22/h4-9,12,16H,10-11,13H2,1-3H3,(H,21,23). The van der Waals surface area contributed by atoms with Gasteiger partial charge in [-0.05, 0) is 68.3 Å². The highest BCUT2D eigenvalue weighted by Crippen LogP contribution is 2.21. The van der Waals surface area contributed by atoms with Crippen molar-refractivity contribution in [3.8, 4) is 0 Å². The van der Waals surface area contributed by atoms with Crippen molar-refractivity contribution in [2.24, 2.45) is 0 Å². The zero-order chi connectivity index (χ0) is 17.1. The highest BCUT2D eigenvalue weighted by Gasteiger charge is 2.17. The van der Waals surface area contributed by atoms with E-state index in [0.717, 1.165) is 36.6 Å². The first-order chi connectivity index (χ1) is 11.5.